The van der Waals surface area contributed by atoms with Gasteiger partial charge in [0.15, 0.2) is 0 Å². The Bertz CT molecular complexity index is 349. The predicted molar refractivity (Wildman–Crippen MR) is 65.0 cm³/mol. The fraction of sp³-hybridized carbons (Fsp3) is 0.846. The molecule has 0 aromatic heterocycles. The summed E-state index contributed by atoms with van der Waals surface area (Å²) in [7, 11) is 0. The topological polar surface area (TPSA) is 66.8 Å². The summed E-state index contributed by atoms with van der Waals surface area (Å²) in [4.78, 5) is 25.4. The maximum atomic E-state index is 12.2. The number of nitrogens with zero attached hydrogens (tertiary/aromatic N) is 1. The van der Waals surface area contributed by atoms with Gasteiger partial charge in [0.05, 0.1) is 17.9 Å². The molecular weight excluding hydrogens is 234 g/mol. The van der Waals surface area contributed by atoms with Crippen LogP contribution in [0.25, 0.3) is 0 Å². The summed E-state index contributed by atoms with van der Waals surface area (Å²) < 4.78 is 5.22. The van der Waals surface area contributed by atoms with Gasteiger partial charge >= 0.3 is 5.97 Å². The molecule has 1 amide bonds. The van der Waals surface area contributed by atoms with Crippen LogP contribution in [-0.2, 0) is 14.3 Å². The minimum absolute atomic E-state index is 0.0348. The number of amides is 1. The number of likely N-dealkylation sites (tertiary alicyclic amines) is 1. The molecule has 102 valence electrons. The smallest absolute Gasteiger partial charge is 0.311 e. The van der Waals surface area contributed by atoms with Crippen LogP contribution in [0.4, 0.5) is 0 Å². The van der Waals surface area contributed by atoms with Crippen LogP contribution in [-0.4, -0.2) is 48.2 Å². The summed E-state index contributed by atoms with van der Waals surface area (Å²) in [6, 6.07) is 0. The summed E-state index contributed by atoms with van der Waals surface area (Å²) in [5.74, 6) is -0.749. The molecule has 0 aromatic carbocycles. The van der Waals surface area contributed by atoms with Crippen LogP contribution in [0.5, 0.6) is 0 Å². The van der Waals surface area contributed by atoms with Crippen molar-refractivity contribution in [1.29, 1.82) is 0 Å². The van der Waals surface area contributed by atoms with Gasteiger partial charge in [-0.15, -0.1) is 0 Å². The zero-order valence-corrected chi connectivity index (χ0v) is 11.0. The quantitative estimate of drug-likeness (QED) is 0.816. The highest BCUT2D eigenvalue weighted by atomic mass is 16.5. The van der Waals surface area contributed by atoms with E-state index in [0.717, 1.165) is 6.42 Å². The standard InChI is InChI=1S/C13H21NO4/c1-9(2)13(12(16)17)4-5-14(8-13)11(15)10-3-6-18-7-10/h9-10H,3-8H2,1-2H3,(H,16,17). The molecule has 2 aliphatic rings. The van der Waals surface area contributed by atoms with Crippen molar-refractivity contribution in [2.45, 2.75) is 26.7 Å². The van der Waals surface area contributed by atoms with Crippen molar-refractivity contribution in [2.75, 3.05) is 26.3 Å². The maximum Gasteiger partial charge on any atom is 0.311 e. The second-order valence-electron chi connectivity index (χ2n) is 5.69. The molecule has 1 N–H and O–H groups in total. The van der Waals surface area contributed by atoms with Crippen molar-refractivity contribution in [3.63, 3.8) is 0 Å². The molecule has 0 aliphatic carbocycles. The molecule has 2 unspecified atom stereocenters. The highest BCUT2D eigenvalue weighted by Crippen LogP contribution is 2.39. The Kier molecular flexibility index (Phi) is 3.61. The van der Waals surface area contributed by atoms with Gasteiger partial charge in [-0.2, -0.15) is 0 Å². The molecule has 2 atom stereocenters. The van der Waals surface area contributed by atoms with Gasteiger partial charge in [-0.1, -0.05) is 13.8 Å². The molecule has 0 bridgehead atoms. The van der Waals surface area contributed by atoms with E-state index in [9.17, 15) is 14.7 Å². The van der Waals surface area contributed by atoms with Gasteiger partial charge in [0.2, 0.25) is 5.91 Å². The zero-order valence-electron chi connectivity index (χ0n) is 11.0. The van der Waals surface area contributed by atoms with E-state index in [2.05, 4.69) is 0 Å². The van der Waals surface area contributed by atoms with Crippen LogP contribution in [0.15, 0.2) is 0 Å². The minimum atomic E-state index is -0.782. The van der Waals surface area contributed by atoms with Crippen LogP contribution < -0.4 is 0 Å². The lowest BCUT2D eigenvalue weighted by Gasteiger charge is -2.29. The highest BCUT2D eigenvalue weighted by molar-refractivity contribution is 5.82. The summed E-state index contributed by atoms with van der Waals surface area (Å²) in [5, 5.41) is 9.44. The number of ether oxygens (including phenoxy) is 1. The van der Waals surface area contributed by atoms with Crippen molar-refractivity contribution < 1.29 is 19.4 Å². The number of hydrogen-bond acceptors (Lipinski definition) is 3. The zero-order chi connectivity index (χ0) is 13.3. The van der Waals surface area contributed by atoms with Gasteiger partial charge in [0.25, 0.3) is 0 Å². The number of aliphatic carboxylic acids is 1. The van der Waals surface area contributed by atoms with Crippen LogP contribution in [0.3, 0.4) is 0 Å². The van der Waals surface area contributed by atoms with E-state index in [1.807, 2.05) is 13.8 Å². The number of carboxylic acids is 1. The molecule has 2 aliphatic heterocycles. The molecule has 5 heteroatoms. The predicted octanol–water partition coefficient (Wildman–Crippen LogP) is 0.982. The first kappa shape index (κ1) is 13.3. The molecule has 0 aromatic rings. The first-order chi connectivity index (χ1) is 8.47. The second kappa shape index (κ2) is 4.88. The minimum Gasteiger partial charge on any atom is -0.481 e. The largest absolute Gasteiger partial charge is 0.481 e. The van der Waals surface area contributed by atoms with E-state index in [1.165, 1.54) is 0 Å². The lowest BCUT2D eigenvalue weighted by atomic mass is 9.76. The second-order valence-corrected chi connectivity index (χ2v) is 5.69. The van der Waals surface area contributed by atoms with E-state index < -0.39 is 11.4 Å². The van der Waals surface area contributed by atoms with Crippen molar-refractivity contribution in [2.24, 2.45) is 17.3 Å². The SMILES string of the molecule is CC(C)C1(C(=O)O)CCN(C(=O)C2CCOC2)C1. The Balaban J connectivity index is 2.06. The Morgan fingerprint density at radius 1 is 1.44 bits per heavy atom. The van der Waals surface area contributed by atoms with Crippen LogP contribution >= 0.6 is 0 Å². The highest BCUT2D eigenvalue weighted by Gasteiger charge is 2.49. The lowest BCUT2D eigenvalue weighted by Crippen LogP contribution is -2.42. The first-order valence-electron chi connectivity index (χ1n) is 6.57. The summed E-state index contributed by atoms with van der Waals surface area (Å²) in [5.41, 5.74) is -0.769. The van der Waals surface area contributed by atoms with Crippen molar-refractivity contribution in [1.82, 2.24) is 4.90 Å². The molecule has 0 radical (unpaired) electrons. The van der Waals surface area contributed by atoms with E-state index in [-0.39, 0.29) is 17.7 Å². The Hall–Kier alpha value is -1.10. The Labute approximate surface area is 107 Å². The molecule has 0 saturated carbocycles. The van der Waals surface area contributed by atoms with E-state index in [0.29, 0.717) is 32.7 Å². The molecule has 18 heavy (non-hydrogen) atoms. The van der Waals surface area contributed by atoms with Crippen LogP contribution in [0, 0.1) is 17.3 Å². The molecule has 2 rings (SSSR count). The van der Waals surface area contributed by atoms with Gasteiger partial charge in [0.1, 0.15) is 0 Å². The molecule has 5 nitrogen and oxygen atoms in total. The number of hydrogen-bond donors (Lipinski definition) is 1. The maximum absolute atomic E-state index is 12.2. The number of carbonyl (C=O) groups excluding carboxylic acids is 1. The number of carboxylic acid groups (broad SMARTS) is 1. The van der Waals surface area contributed by atoms with Gasteiger partial charge in [0, 0.05) is 19.7 Å². The Morgan fingerprint density at radius 2 is 2.17 bits per heavy atom. The Morgan fingerprint density at radius 3 is 2.61 bits per heavy atom. The molecular formula is C13H21NO4. The third-order valence-electron chi connectivity index (χ3n) is 4.42. The average molecular weight is 255 g/mol. The van der Waals surface area contributed by atoms with Crippen molar-refractivity contribution >= 4 is 11.9 Å². The van der Waals surface area contributed by atoms with E-state index >= 15 is 0 Å². The monoisotopic (exact) mass is 255 g/mol. The third-order valence-corrected chi connectivity index (χ3v) is 4.42. The van der Waals surface area contributed by atoms with Gasteiger partial charge in [-0.25, -0.2) is 0 Å². The first-order valence-corrected chi connectivity index (χ1v) is 6.57. The summed E-state index contributed by atoms with van der Waals surface area (Å²) in [6.45, 7) is 5.85. The summed E-state index contributed by atoms with van der Waals surface area (Å²) in [6.07, 6.45) is 1.32. The number of carbonyl (C=O) groups is 2. The third kappa shape index (κ3) is 2.11. The van der Waals surface area contributed by atoms with Crippen molar-refractivity contribution in [3.05, 3.63) is 0 Å². The average Bonchev–Trinajstić information content (AvgIpc) is 2.98. The molecule has 2 saturated heterocycles. The van der Waals surface area contributed by atoms with Crippen molar-refractivity contribution in [3.8, 4) is 0 Å². The fourth-order valence-corrected chi connectivity index (χ4v) is 2.90. The van der Waals surface area contributed by atoms with Crippen LogP contribution in [0.2, 0.25) is 0 Å². The van der Waals surface area contributed by atoms with E-state index in [4.69, 9.17) is 4.74 Å². The summed E-state index contributed by atoms with van der Waals surface area (Å²) >= 11 is 0. The van der Waals surface area contributed by atoms with Gasteiger partial charge in [-0.3, -0.25) is 9.59 Å². The van der Waals surface area contributed by atoms with Crippen LogP contribution in [0.1, 0.15) is 26.7 Å². The normalized spacial score (nSPS) is 32.2. The molecule has 2 heterocycles. The lowest BCUT2D eigenvalue weighted by molar-refractivity contribution is -0.151. The number of rotatable bonds is 3. The molecule has 0 spiro atoms. The fourth-order valence-electron chi connectivity index (χ4n) is 2.90. The van der Waals surface area contributed by atoms with Gasteiger partial charge < -0.3 is 14.7 Å². The molecule has 2 fully saturated rings. The van der Waals surface area contributed by atoms with Gasteiger partial charge in [-0.05, 0) is 18.8 Å². The van der Waals surface area contributed by atoms with E-state index in [1.54, 1.807) is 4.90 Å².